The van der Waals surface area contributed by atoms with Crippen molar-refractivity contribution < 1.29 is 31.2 Å². The summed E-state index contributed by atoms with van der Waals surface area (Å²) in [7, 11) is -6.00. The Hall–Kier alpha value is -1.69. The van der Waals surface area contributed by atoms with Gasteiger partial charge in [0.15, 0.2) is 0 Å². The Morgan fingerprint density at radius 2 is 1.88 bits per heavy atom. The second kappa shape index (κ2) is 3.96. The minimum atomic E-state index is -6.00. The van der Waals surface area contributed by atoms with Crippen molar-refractivity contribution in [2.75, 3.05) is 0 Å². The van der Waals surface area contributed by atoms with Crippen LogP contribution in [0.25, 0.3) is 0 Å². The summed E-state index contributed by atoms with van der Waals surface area (Å²) < 4.78 is 58.8. The maximum Gasteiger partial charge on any atom is 0.518 e. The zero-order chi connectivity index (χ0) is 13.4. The lowest BCUT2D eigenvalue weighted by Gasteiger charge is -2.32. The van der Waals surface area contributed by atoms with E-state index >= 15 is 0 Å². The van der Waals surface area contributed by atoms with Gasteiger partial charge in [0.1, 0.15) is 6.42 Å². The van der Waals surface area contributed by atoms with Crippen molar-refractivity contribution in [1.82, 2.24) is 10.4 Å². The molecule has 0 unspecified atom stereocenters. The highest BCUT2D eigenvalue weighted by Crippen LogP contribution is 2.25. The Morgan fingerprint density at radius 1 is 1.35 bits per heavy atom. The van der Waals surface area contributed by atoms with E-state index in [4.69, 9.17) is 0 Å². The standard InChI is InChI=1S/C5H3F3N3O5S/c6-5(7,8)17(15,16)10-4-9-2(12)1-3(13)11(4)14/h1H2,(H,9,10,12)/q-1. The smallest absolute Gasteiger partial charge is 0.518 e. The summed E-state index contributed by atoms with van der Waals surface area (Å²) in [6.07, 6.45) is -0.894. The van der Waals surface area contributed by atoms with E-state index in [0.29, 0.717) is 0 Å². The topological polar surface area (TPSA) is 119 Å². The predicted octanol–water partition coefficient (Wildman–Crippen LogP) is -0.962. The van der Waals surface area contributed by atoms with E-state index in [2.05, 4.69) is 0 Å². The van der Waals surface area contributed by atoms with Crippen molar-refractivity contribution in [3.8, 4) is 0 Å². The monoisotopic (exact) mass is 274 g/mol. The number of amides is 2. The zero-order valence-corrected chi connectivity index (χ0v) is 8.50. The molecule has 1 heterocycles. The number of hydrogen-bond donors (Lipinski definition) is 1. The van der Waals surface area contributed by atoms with Crippen LogP contribution in [0, 0.1) is 5.21 Å². The van der Waals surface area contributed by atoms with E-state index in [1.165, 1.54) is 5.32 Å². The Balaban J connectivity index is 3.15. The predicted molar refractivity (Wildman–Crippen MR) is 45.4 cm³/mol. The number of carbonyl (C=O) groups excluding carboxylic acids is 2. The Bertz CT molecular complexity index is 495. The third kappa shape index (κ3) is 2.71. The first-order chi connectivity index (χ1) is 7.54. The van der Waals surface area contributed by atoms with E-state index in [1.54, 1.807) is 0 Å². The van der Waals surface area contributed by atoms with Gasteiger partial charge in [0, 0.05) is 0 Å². The maximum atomic E-state index is 11.9. The fraction of sp³-hybridized carbons (Fsp3) is 0.400. The number of hydrogen-bond acceptors (Lipinski definition) is 5. The number of halogens is 3. The van der Waals surface area contributed by atoms with Crippen LogP contribution in [0.5, 0.6) is 0 Å². The molecule has 0 bridgehead atoms. The van der Waals surface area contributed by atoms with Crippen molar-refractivity contribution in [1.29, 1.82) is 0 Å². The van der Waals surface area contributed by atoms with Gasteiger partial charge in [-0.3, -0.25) is 14.9 Å². The molecule has 0 aliphatic carbocycles. The largest absolute Gasteiger partial charge is 0.750 e. The van der Waals surface area contributed by atoms with Crippen LogP contribution in [0.2, 0.25) is 0 Å². The van der Waals surface area contributed by atoms with Gasteiger partial charge in [0.2, 0.25) is 17.8 Å². The summed E-state index contributed by atoms with van der Waals surface area (Å²) in [6.45, 7) is 0. The Kier molecular flexibility index (Phi) is 3.11. The molecule has 12 heteroatoms. The lowest BCUT2D eigenvalue weighted by molar-refractivity contribution is -0.133. The lowest BCUT2D eigenvalue weighted by atomic mass is 10.3. The van der Waals surface area contributed by atoms with Crippen molar-refractivity contribution in [3.05, 3.63) is 5.21 Å². The molecule has 8 nitrogen and oxygen atoms in total. The Morgan fingerprint density at radius 3 is 2.35 bits per heavy atom. The lowest BCUT2D eigenvalue weighted by Crippen LogP contribution is -2.51. The molecule has 0 atom stereocenters. The number of carbonyl (C=O) groups is 2. The van der Waals surface area contributed by atoms with Gasteiger partial charge in [0.05, 0.1) is 0 Å². The molecule has 1 rings (SSSR count). The SMILES string of the molecule is O=C1CC(=O)N([O-])C(=NS(=O)(=O)C(F)(F)F)N1. The number of nitrogens with zero attached hydrogens (tertiary/aromatic N) is 2. The second-order valence-corrected chi connectivity index (χ2v) is 4.34. The number of nitrogens with one attached hydrogen (secondary N) is 1. The van der Waals surface area contributed by atoms with Crippen LogP contribution in [-0.2, 0) is 19.6 Å². The highest BCUT2D eigenvalue weighted by molar-refractivity contribution is 7.91. The van der Waals surface area contributed by atoms with Gasteiger partial charge in [-0.05, 0) is 0 Å². The normalized spacial score (nSPS) is 20.7. The van der Waals surface area contributed by atoms with E-state index in [0.717, 1.165) is 0 Å². The first kappa shape index (κ1) is 13.4. The van der Waals surface area contributed by atoms with E-state index < -0.39 is 44.8 Å². The van der Waals surface area contributed by atoms with Crippen LogP contribution in [0.15, 0.2) is 4.40 Å². The number of alkyl halides is 3. The van der Waals surface area contributed by atoms with Crippen LogP contribution in [-0.4, -0.2) is 36.8 Å². The van der Waals surface area contributed by atoms with Gasteiger partial charge < -0.3 is 10.3 Å². The van der Waals surface area contributed by atoms with Crippen molar-refractivity contribution in [3.63, 3.8) is 0 Å². The van der Waals surface area contributed by atoms with Crippen LogP contribution in [0.3, 0.4) is 0 Å². The van der Waals surface area contributed by atoms with Crippen molar-refractivity contribution >= 4 is 27.8 Å². The second-order valence-electron chi connectivity index (χ2n) is 2.75. The third-order valence-corrected chi connectivity index (χ3v) is 2.48. The van der Waals surface area contributed by atoms with Gasteiger partial charge in [-0.25, -0.2) is 0 Å². The number of hydroxylamine groups is 2. The average Bonchev–Trinajstić information content (AvgIpc) is 2.11. The molecule has 0 spiro atoms. The first-order valence-corrected chi connectivity index (χ1v) is 5.20. The average molecular weight is 274 g/mol. The summed E-state index contributed by atoms with van der Waals surface area (Å²) in [5.41, 5.74) is -5.73. The number of sulfonamides is 1. The summed E-state index contributed by atoms with van der Waals surface area (Å²) in [4.78, 5) is 21.5. The van der Waals surface area contributed by atoms with Gasteiger partial charge in [-0.2, -0.15) is 21.6 Å². The molecule has 0 aromatic rings. The molecule has 1 fully saturated rings. The van der Waals surface area contributed by atoms with Crippen LogP contribution >= 0.6 is 0 Å². The van der Waals surface area contributed by atoms with Gasteiger partial charge in [-0.1, -0.05) is 0 Å². The highest BCUT2D eigenvalue weighted by atomic mass is 32.2. The third-order valence-electron chi connectivity index (χ3n) is 1.48. The molecule has 17 heavy (non-hydrogen) atoms. The minimum absolute atomic E-state index is 0.731. The molecule has 1 aliphatic heterocycles. The molecule has 1 saturated heterocycles. The summed E-state index contributed by atoms with van der Waals surface area (Å²) >= 11 is 0. The number of rotatable bonds is 1. The van der Waals surface area contributed by atoms with E-state index in [-0.39, 0.29) is 0 Å². The van der Waals surface area contributed by atoms with E-state index in [1.807, 2.05) is 4.40 Å². The first-order valence-electron chi connectivity index (χ1n) is 3.76. The quantitative estimate of drug-likeness (QED) is 0.617. The summed E-state index contributed by atoms with van der Waals surface area (Å²) in [6, 6.07) is 0. The van der Waals surface area contributed by atoms with Crippen LogP contribution < -0.4 is 5.32 Å². The fourth-order valence-corrected chi connectivity index (χ4v) is 1.22. The summed E-state index contributed by atoms with van der Waals surface area (Å²) in [5.74, 6) is -4.06. The van der Waals surface area contributed by atoms with Crippen molar-refractivity contribution in [2.24, 2.45) is 4.40 Å². The van der Waals surface area contributed by atoms with E-state index in [9.17, 15) is 36.4 Å². The van der Waals surface area contributed by atoms with Gasteiger partial charge in [0.25, 0.3) is 0 Å². The number of guanidine groups is 1. The Labute approximate surface area is 91.7 Å². The van der Waals surface area contributed by atoms with Crippen LogP contribution in [0.1, 0.15) is 6.42 Å². The molecule has 0 aromatic heterocycles. The maximum absolute atomic E-state index is 11.9. The van der Waals surface area contributed by atoms with Crippen molar-refractivity contribution in [2.45, 2.75) is 11.9 Å². The van der Waals surface area contributed by atoms with Gasteiger partial charge >= 0.3 is 15.5 Å². The molecule has 0 radical (unpaired) electrons. The molecule has 96 valence electrons. The highest BCUT2D eigenvalue weighted by Gasteiger charge is 2.47. The minimum Gasteiger partial charge on any atom is -0.750 e. The molecule has 1 aliphatic rings. The van der Waals surface area contributed by atoms with Crippen LogP contribution in [0.4, 0.5) is 13.2 Å². The summed E-state index contributed by atoms with van der Waals surface area (Å²) in [5, 5.41) is 11.6. The fourth-order valence-electron chi connectivity index (χ4n) is 0.772. The molecular formula is C5H3F3N3O5S-. The molecule has 1 N–H and O–H groups in total. The van der Waals surface area contributed by atoms with Gasteiger partial charge in [-0.15, -0.1) is 4.40 Å². The zero-order valence-electron chi connectivity index (χ0n) is 7.68. The molecular weight excluding hydrogens is 271 g/mol. The molecule has 0 saturated carbocycles. The molecule has 0 aromatic carbocycles. The molecule has 2 amide bonds.